The number of rotatable bonds is 0. The van der Waals surface area contributed by atoms with Crippen LogP contribution in [0, 0.1) is 0 Å². The van der Waals surface area contributed by atoms with Crippen LogP contribution in [0.4, 0.5) is 0 Å². The Morgan fingerprint density at radius 2 is 1.00 bits per heavy atom. The molecule has 0 saturated heterocycles. The minimum absolute atomic E-state index is 0. The van der Waals surface area contributed by atoms with E-state index < -0.39 is 0 Å². The van der Waals surface area contributed by atoms with E-state index in [0.29, 0.717) is 0 Å². The van der Waals surface area contributed by atoms with Gasteiger partial charge in [-0.2, -0.15) is 0 Å². The standard InChI is InChI=1S/Al.B.H3N.Y.3H/h;;1H3;;;;. The minimum atomic E-state index is 0. The van der Waals surface area contributed by atoms with E-state index in [0.717, 1.165) is 0 Å². The Hall–Kier alpha value is 1.66. The summed E-state index contributed by atoms with van der Waals surface area (Å²) in [4.78, 5) is 0. The SMILES string of the molecule is N.[AlH3].[B].[Y]. The molecule has 0 aliphatic rings. The van der Waals surface area contributed by atoms with Crippen molar-refractivity contribution in [2.24, 2.45) is 0 Å². The molecule has 0 atom stereocenters. The van der Waals surface area contributed by atoms with E-state index in [4.69, 9.17) is 0 Å². The zero-order valence-electron chi connectivity index (χ0n) is 1.86. The molecule has 0 saturated carbocycles. The molecule has 0 aromatic carbocycles. The molecule has 4 heteroatoms. The van der Waals surface area contributed by atoms with Gasteiger partial charge in [-0.05, 0) is 0 Å². The Bertz CT molecular complexity index is 8.00. The third-order valence-electron chi connectivity index (χ3n) is 0. The molecule has 1 nitrogen and oxygen atoms in total. The molecule has 4 heavy (non-hydrogen) atoms. The van der Waals surface area contributed by atoms with E-state index in [1.54, 1.807) is 0 Å². The van der Waals surface area contributed by atoms with Gasteiger partial charge >= 0.3 is 0 Å². The van der Waals surface area contributed by atoms with Crippen molar-refractivity contribution in [3.05, 3.63) is 0 Å². The van der Waals surface area contributed by atoms with Crippen molar-refractivity contribution >= 4 is 25.8 Å². The number of hydrogen-bond donors (Lipinski definition) is 1. The Balaban J connectivity index is 0. The van der Waals surface area contributed by atoms with Crippen molar-refractivity contribution in [1.29, 1.82) is 0 Å². The summed E-state index contributed by atoms with van der Waals surface area (Å²) < 4.78 is 0. The molecule has 0 rings (SSSR count). The zero-order chi connectivity index (χ0) is 0. The van der Waals surface area contributed by atoms with Crippen LogP contribution in [0.2, 0.25) is 0 Å². The number of hydrogen-bond acceptors (Lipinski definition) is 1. The van der Waals surface area contributed by atoms with Crippen LogP contribution in [-0.4, -0.2) is 25.8 Å². The van der Waals surface area contributed by atoms with Crippen LogP contribution in [-0.2, 0) is 32.7 Å². The summed E-state index contributed by atoms with van der Waals surface area (Å²) in [6, 6.07) is 0. The normalized spacial score (nSPS) is 0. The topological polar surface area (TPSA) is 35.0 Å². The predicted molar refractivity (Wildman–Crippen MR) is 20.7 cm³/mol. The molecule has 0 amide bonds. The van der Waals surface area contributed by atoms with Crippen LogP contribution >= 0.6 is 0 Å². The third kappa shape index (κ3) is 9.40. The molecule has 0 aliphatic heterocycles. The van der Waals surface area contributed by atoms with Gasteiger partial charge in [0.15, 0.2) is 17.4 Å². The van der Waals surface area contributed by atoms with Gasteiger partial charge in [0.2, 0.25) is 0 Å². The fourth-order valence-corrected chi connectivity index (χ4v) is 0. The van der Waals surface area contributed by atoms with Crippen molar-refractivity contribution in [2.75, 3.05) is 0 Å². The van der Waals surface area contributed by atoms with Gasteiger partial charge in [-0.1, -0.05) is 0 Å². The van der Waals surface area contributed by atoms with Crippen LogP contribution in [0.15, 0.2) is 0 Å². The summed E-state index contributed by atoms with van der Waals surface area (Å²) in [5.41, 5.74) is 0. The molecule has 0 heterocycles. The second kappa shape index (κ2) is 22.6. The van der Waals surface area contributed by atoms with E-state index in [2.05, 4.69) is 0 Å². The van der Waals surface area contributed by atoms with Crippen LogP contribution in [0.1, 0.15) is 0 Å². The van der Waals surface area contributed by atoms with Gasteiger partial charge < -0.3 is 6.15 Å². The van der Waals surface area contributed by atoms with E-state index >= 15 is 0 Å². The first kappa shape index (κ1) is 44.6. The molecule has 0 spiro atoms. The van der Waals surface area contributed by atoms with Crippen molar-refractivity contribution in [2.45, 2.75) is 0 Å². The predicted octanol–water partition coefficient (Wildman–Crippen LogP) is -1.41. The van der Waals surface area contributed by atoms with Crippen LogP contribution in [0.3, 0.4) is 0 Å². The van der Waals surface area contributed by atoms with Gasteiger partial charge in [-0.15, -0.1) is 0 Å². The molecule has 0 aromatic heterocycles. The van der Waals surface area contributed by atoms with Crippen molar-refractivity contribution in [3.8, 4) is 0 Å². The van der Waals surface area contributed by atoms with E-state index in [1.165, 1.54) is 0 Å². The average molecular weight is 147 g/mol. The van der Waals surface area contributed by atoms with Crippen molar-refractivity contribution in [3.63, 3.8) is 0 Å². The average Bonchev–Trinajstić information content (AvgIpc) is 0. The summed E-state index contributed by atoms with van der Waals surface area (Å²) in [6.45, 7) is 0. The molecule has 0 bridgehead atoms. The third-order valence-corrected chi connectivity index (χ3v) is 0. The van der Waals surface area contributed by atoms with Gasteiger partial charge in [-0.25, -0.2) is 0 Å². The fourth-order valence-electron chi connectivity index (χ4n) is 0. The van der Waals surface area contributed by atoms with Crippen LogP contribution in [0.25, 0.3) is 0 Å². The molecule has 20 valence electrons. The smallest absolute Gasteiger partial charge is 0.187 e. The van der Waals surface area contributed by atoms with Gasteiger partial charge in [-0.3, -0.25) is 0 Å². The maximum atomic E-state index is 0. The van der Waals surface area contributed by atoms with E-state index in [9.17, 15) is 0 Å². The van der Waals surface area contributed by atoms with Crippen molar-refractivity contribution < 1.29 is 32.7 Å². The Labute approximate surface area is 64.1 Å². The molecule has 0 fully saturated rings. The second-order valence-corrected chi connectivity index (χ2v) is 0. The molecule has 0 aromatic rings. The van der Waals surface area contributed by atoms with Gasteiger partial charge in [0, 0.05) is 41.1 Å². The van der Waals surface area contributed by atoms with Crippen LogP contribution < -0.4 is 6.15 Å². The summed E-state index contributed by atoms with van der Waals surface area (Å²) in [5.74, 6) is 0. The van der Waals surface area contributed by atoms with Gasteiger partial charge in [0.1, 0.15) is 0 Å². The summed E-state index contributed by atoms with van der Waals surface area (Å²) in [5, 5.41) is 0. The minimum Gasteiger partial charge on any atom is -0.344 e. The second-order valence-electron chi connectivity index (χ2n) is 0. The van der Waals surface area contributed by atoms with Gasteiger partial charge in [0.25, 0.3) is 0 Å². The first-order chi connectivity index (χ1) is 0. The molecular formula is H6AlBNY. The van der Waals surface area contributed by atoms with Gasteiger partial charge in [0.05, 0.1) is 0 Å². The Kier molecular flexibility index (Phi) is 252. The van der Waals surface area contributed by atoms with E-state index in [1.807, 2.05) is 0 Å². The Morgan fingerprint density at radius 3 is 1.00 bits per heavy atom. The first-order valence-electron chi connectivity index (χ1n) is 0. The molecule has 4 radical (unpaired) electrons. The summed E-state index contributed by atoms with van der Waals surface area (Å²) in [6.07, 6.45) is 0. The fraction of sp³-hybridized carbons (Fsp3) is 0. The monoisotopic (exact) mass is 147 g/mol. The summed E-state index contributed by atoms with van der Waals surface area (Å²) in [7, 11) is 0. The molecular weight excluding hydrogens is 141 g/mol. The quantitative estimate of drug-likeness (QED) is 0.419. The Morgan fingerprint density at radius 1 is 1.00 bits per heavy atom. The first-order valence-corrected chi connectivity index (χ1v) is 0. The van der Waals surface area contributed by atoms with Crippen LogP contribution in [0.5, 0.6) is 0 Å². The van der Waals surface area contributed by atoms with E-state index in [-0.39, 0.29) is 64.6 Å². The summed E-state index contributed by atoms with van der Waals surface area (Å²) >= 11 is 0. The largest absolute Gasteiger partial charge is 0.344 e. The maximum absolute atomic E-state index is 0. The molecule has 0 unspecified atom stereocenters. The zero-order valence-corrected chi connectivity index (χ0v) is 4.70. The maximum Gasteiger partial charge on any atom is 0.187 e. The van der Waals surface area contributed by atoms with Crippen molar-refractivity contribution in [1.82, 2.24) is 6.15 Å². The molecule has 0 aliphatic carbocycles. The molecule has 3 N–H and O–H groups in total.